The fourth-order valence-electron chi connectivity index (χ4n) is 2.50. The van der Waals surface area contributed by atoms with Gasteiger partial charge in [0.05, 0.1) is 10.4 Å². The molecule has 26 heavy (non-hydrogen) atoms. The lowest BCUT2D eigenvalue weighted by atomic mass is 10.0. The Kier molecular flexibility index (Phi) is 5.24. The molecule has 0 aliphatic carbocycles. The fourth-order valence-corrected chi connectivity index (χ4v) is 3.17. The molecule has 0 aliphatic heterocycles. The van der Waals surface area contributed by atoms with Gasteiger partial charge in [0.1, 0.15) is 0 Å². The lowest BCUT2D eigenvalue weighted by Crippen LogP contribution is -2.16. The number of benzene rings is 2. The van der Waals surface area contributed by atoms with E-state index in [9.17, 15) is 14.4 Å². The van der Waals surface area contributed by atoms with Crippen LogP contribution in [-0.4, -0.2) is 17.6 Å². The number of rotatable bonds is 5. The number of thiophene rings is 1. The van der Waals surface area contributed by atoms with Crippen LogP contribution in [0.2, 0.25) is 0 Å². The van der Waals surface area contributed by atoms with Crippen molar-refractivity contribution < 1.29 is 14.4 Å². The summed E-state index contributed by atoms with van der Waals surface area (Å²) >= 11 is 1.34. The van der Waals surface area contributed by atoms with Gasteiger partial charge in [-0.2, -0.15) is 0 Å². The molecule has 3 rings (SSSR count). The van der Waals surface area contributed by atoms with E-state index >= 15 is 0 Å². The molecule has 2 N–H and O–H groups in total. The van der Waals surface area contributed by atoms with Crippen molar-refractivity contribution in [2.75, 3.05) is 10.6 Å². The molecule has 0 aliphatic rings. The van der Waals surface area contributed by atoms with Crippen molar-refractivity contribution in [3.8, 4) is 0 Å². The SMILES string of the molecule is CC(=O)Nc1cccc(NC(=O)c2ccccc2C(=O)c2cccs2)c1. The minimum atomic E-state index is -0.384. The molecule has 2 amide bonds. The number of nitrogens with one attached hydrogen (secondary N) is 2. The van der Waals surface area contributed by atoms with E-state index in [4.69, 9.17) is 0 Å². The first-order chi connectivity index (χ1) is 12.5. The lowest BCUT2D eigenvalue weighted by Gasteiger charge is -2.10. The van der Waals surface area contributed by atoms with Gasteiger partial charge < -0.3 is 10.6 Å². The molecule has 0 bridgehead atoms. The number of amides is 2. The topological polar surface area (TPSA) is 75.3 Å². The van der Waals surface area contributed by atoms with Crippen LogP contribution in [0.1, 0.15) is 32.5 Å². The van der Waals surface area contributed by atoms with Crippen LogP contribution in [0.4, 0.5) is 11.4 Å². The van der Waals surface area contributed by atoms with Gasteiger partial charge in [-0.1, -0.05) is 30.3 Å². The second kappa shape index (κ2) is 7.76. The van der Waals surface area contributed by atoms with Gasteiger partial charge in [0.2, 0.25) is 11.7 Å². The quantitative estimate of drug-likeness (QED) is 0.667. The van der Waals surface area contributed by atoms with E-state index in [2.05, 4.69) is 10.6 Å². The predicted octanol–water partition coefficient (Wildman–Crippen LogP) is 4.19. The van der Waals surface area contributed by atoms with Crippen molar-refractivity contribution in [2.45, 2.75) is 6.92 Å². The molecule has 3 aromatic rings. The van der Waals surface area contributed by atoms with Crippen LogP contribution in [-0.2, 0) is 4.79 Å². The smallest absolute Gasteiger partial charge is 0.256 e. The summed E-state index contributed by atoms with van der Waals surface area (Å²) in [5.74, 6) is -0.761. The third-order valence-electron chi connectivity index (χ3n) is 3.60. The summed E-state index contributed by atoms with van der Waals surface area (Å²) in [6, 6.07) is 17.1. The van der Waals surface area contributed by atoms with Gasteiger partial charge in [0, 0.05) is 23.9 Å². The van der Waals surface area contributed by atoms with Gasteiger partial charge in [-0.15, -0.1) is 11.3 Å². The molecule has 6 heteroatoms. The minimum absolute atomic E-state index is 0.183. The molecule has 0 saturated carbocycles. The number of hydrogen-bond acceptors (Lipinski definition) is 4. The van der Waals surface area contributed by atoms with Gasteiger partial charge >= 0.3 is 0 Å². The summed E-state index contributed by atoms with van der Waals surface area (Å²) < 4.78 is 0. The summed E-state index contributed by atoms with van der Waals surface area (Å²) in [5, 5.41) is 7.26. The second-order valence-electron chi connectivity index (χ2n) is 5.57. The average Bonchev–Trinajstić information content (AvgIpc) is 3.15. The summed E-state index contributed by atoms with van der Waals surface area (Å²) in [5.41, 5.74) is 1.76. The Morgan fingerprint density at radius 2 is 1.50 bits per heavy atom. The Morgan fingerprint density at radius 1 is 0.808 bits per heavy atom. The van der Waals surface area contributed by atoms with Crippen LogP contribution in [0.3, 0.4) is 0 Å². The van der Waals surface area contributed by atoms with Crippen molar-refractivity contribution in [3.05, 3.63) is 82.0 Å². The largest absolute Gasteiger partial charge is 0.326 e. The van der Waals surface area contributed by atoms with E-state index in [1.165, 1.54) is 18.3 Å². The van der Waals surface area contributed by atoms with Crippen molar-refractivity contribution in [2.24, 2.45) is 0 Å². The number of ketones is 1. The summed E-state index contributed by atoms with van der Waals surface area (Å²) in [7, 11) is 0. The van der Waals surface area contributed by atoms with Crippen molar-refractivity contribution >= 4 is 40.3 Å². The van der Waals surface area contributed by atoms with Gasteiger partial charge in [-0.3, -0.25) is 14.4 Å². The Bertz CT molecular complexity index is 965. The van der Waals surface area contributed by atoms with E-state index in [1.54, 1.807) is 60.7 Å². The molecule has 5 nitrogen and oxygen atoms in total. The molecular weight excluding hydrogens is 348 g/mol. The molecule has 0 spiro atoms. The summed E-state index contributed by atoms with van der Waals surface area (Å²) in [6.07, 6.45) is 0. The van der Waals surface area contributed by atoms with Crippen molar-refractivity contribution in [1.82, 2.24) is 0 Å². The number of carbonyl (C=O) groups excluding carboxylic acids is 3. The number of hydrogen-bond donors (Lipinski definition) is 2. The highest BCUT2D eigenvalue weighted by atomic mass is 32.1. The number of anilines is 2. The molecule has 0 unspecified atom stereocenters. The van der Waals surface area contributed by atoms with Crippen LogP contribution in [0.25, 0.3) is 0 Å². The maximum absolute atomic E-state index is 12.7. The van der Waals surface area contributed by atoms with Crippen molar-refractivity contribution in [3.63, 3.8) is 0 Å². The molecule has 1 heterocycles. The van der Waals surface area contributed by atoms with Crippen LogP contribution < -0.4 is 10.6 Å². The third-order valence-corrected chi connectivity index (χ3v) is 4.47. The van der Waals surface area contributed by atoms with Crippen LogP contribution in [0, 0.1) is 0 Å². The molecule has 0 saturated heterocycles. The second-order valence-corrected chi connectivity index (χ2v) is 6.52. The van der Waals surface area contributed by atoms with Gasteiger partial charge in [-0.05, 0) is 35.7 Å². The van der Waals surface area contributed by atoms with E-state index in [1.807, 2.05) is 5.38 Å². The monoisotopic (exact) mass is 364 g/mol. The van der Waals surface area contributed by atoms with Crippen LogP contribution >= 0.6 is 11.3 Å². The zero-order chi connectivity index (χ0) is 18.5. The Labute approximate surface area is 154 Å². The molecule has 0 fully saturated rings. The highest BCUT2D eigenvalue weighted by Gasteiger charge is 2.18. The minimum Gasteiger partial charge on any atom is -0.326 e. The fraction of sp³-hybridized carbons (Fsp3) is 0.0500. The number of carbonyl (C=O) groups is 3. The maximum atomic E-state index is 12.7. The first-order valence-electron chi connectivity index (χ1n) is 7.91. The predicted molar refractivity (Wildman–Crippen MR) is 103 cm³/mol. The third kappa shape index (κ3) is 4.04. The lowest BCUT2D eigenvalue weighted by molar-refractivity contribution is -0.114. The summed E-state index contributed by atoms with van der Waals surface area (Å²) in [6.45, 7) is 1.41. The zero-order valence-electron chi connectivity index (χ0n) is 14.0. The van der Waals surface area contributed by atoms with E-state index < -0.39 is 0 Å². The highest BCUT2D eigenvalue weighted by molar-refractivity contribution is 7.12. The molecule has 0 radical (unpaired) electrons. The van der Waals surface area contributed by atoms with Crippen molar-refractivity contribution in [1.29, 1.82) is 0 Å². The molecular formula is C20H16N2O3S. The van der Waals surface area contributed by atoms with E-state index in [0.29, 0.717) is 27.4 Å². The Hall–Kier alpha value is -3.25. The standard InChI is InChI=1S/C20H16N2O3S/c1-13(23)21-14-6-4-7-15(12-14)22-20(25)17-9-3-2-8-16(17)19(24)18-10-5-11-26-18/h2-12H,1H3,(H,21,23)(H,22,25). The van der Waals surface area contributed by atoms with Crippen LogP contribution in [0.15, 0.2) is 66.0 Å². The normalized spacial score (nSPS) is 10.2. The van der Waals surface area contributed by atoms with E-state index in [0.717, 1.165) is 0 Å². The first kappa shape index (κ1) is 17.6. The maximum Gasteiger partial charge on any atom is 0.256 e. The highest BCUT2D eigenvalue weighted by Crippen LogP contribution is 2.21. The summed E-state index contributed by atoms with van der Waals surface area (Å²) in [4.78, 5) is 37.1. The average molecular weight is 364 g/mol. The molecule has 0 atom stereocenters. The Balaban J connectivity index is 1.85. The Morgan fingerprint density at radius 3 is 2.15 bits per heavy atom. The molecule has 1 aromatic heterocycles. The van der Waals surface area contributed by atoms with E-state index in [-0.39, 0.29) is 17.6 Å². The zero-order valence-corrected chi connectivity index (χ0v) is 14.8. The van der Waals surface area contributed by atoms with Gasteiger partial charge in [0.25, 0.3) is 5.91 Å². The van der Waals surface area contributed by atoms with Gasteiger partial charge in [0.15, 0.2) is 0 Å². The molecule has 130 valence electrons. The van der Waals surface area contributed by atoms with Crippen LogP contribution in [0.5, 0.6) is 0 Å². The molecule has 2 aromatic carbocycles. The first-order valence-corrected chi connectivity index (χ1v) is 8.79. The van der Waals surface area contributed by atoms with Gasteiger partial charge in [-0.25, -0.2) is 0 Å².